The molecule has 0 unspecified atom stereocenters. The predicted octanol–water partition coefficient (Wildman–Crippen LogP) is 1.49. The molecule has 0 atom stereocenters. The number of likely N-dealkylation sites (N-methyl/N-ethyl adjacent to an activating group) is 1. The van der Waals surface area contributed by atoms with Crippen LogP contribution in [0.2, 0.25) is 5.28 Å². The highest BCUT2D eigenvalue weighted by molar-refractivity contribution is 6.28. The van der Waals surface area contributed by atoms with E-state index >= 15 is 0 Å². The van der Waals surface area contributed by atoms with Gasteiger partial charge in [-0.15, -0.1) is 0 Å². The quantitative estimate of drug-likeness (QED) is 0.854. The van der Waals surface area contributed by atoms with Crippen LogP contribution in [-0.4, -0.2) is 59.6 Å². The van der Waals surface area contributed by atoms with Crippen molar-refractivity contribution in [2.24, 2.45) is 0 Å². The summed E-state index contributed by atoms with van der Waals surface area (Å²) >= 11 is 5.92. The van der Waals surface area contributed by atoms with Crippen LogP contribution in [0.15, 0.2) is 0 Å². The first-order valence-corrected chi connectivity index (χ1v) is 7.15. The van der Waals surface area contributed by atoms with Crippen LogP contribution in [0.4, 0.5) is 11.9 Å². The number of likely N-dealkylation sites (tertiary alicyclic amines) is 1. The Hall–Kier alpha value is -1.14. The number of nitrogens with one attached hydrogen (secondary N) is 1. The lowest BCUT2D eigenvalue weighted by atomic mass is 10.4. The summed E-state index contributed by atoms with van der Waals surface area (Å²) in [5, 5.41) is 3.29. The van der Waals surface area contributed by atoms with Gasteiger partial charge in [-0.2, -0.15) is 15.0 Å². The second-order valence-corrected chi connectivity index (χ2v) is 5.07. The molecule has 7 heteroatoms. The molecule has 106 valence electrons. The summed E-state index contributed by atoms with van der Waals surface area (Å²) in [4.78, 5) is 17.1. The Labute approximate surface area is 119 Å². The minimum absolute atomic E-state index is 0.231. The summed E-state index contributed by atoms with van der Waals surface area (Å²) in [6.07, 6.45) is 2.62. The number of hydrogen-bond acceptors (Lipinski definition) is 6. The van der Waals surface area contributed by atoms with Crippen LogP contribution < -0.4 is 10.2 Å². The Kier molecular flexibility index (Phi) is 5.15. The molecule has 0 radical (unpaired) electrons. The van der Waals surface area contributed by atoms with Gasteiger partial charge in [0.15, 0.2) is 0 Å². The highest BCUT2D eigenvalue weighted by Crippen LogP contribution is 2.13. The van der Waals surface area contributed by atoms with Gasteiger partial charge in [-0.25, -0.2) is 0 Å². The lowest BCUT2D eigenvalue weighted by Crippen LogP contribution is -2.32. The highest BCUT2D eigenvalue weighted by atomic mass is 35.5. The van der Waals surface area contributed by atoms with Gasteiger partial charge in [0.05, 0.1) is 0 Å². The van der Waals surface area contributed by atoms with Crippen LogP contribution in [-0.2, 0) is 0 Å². The average molecular weight is 285 g/mol. The molecule has 0 aromatic carbocycles. The van der Waals surface area contributed by atoms with Gasteiger partial charge in [0.1, 0.15) is 0 Å². The van der Waals surface area contributed by atoms with Crippen LogP contribution in [0.3, 0.4) is 0 Å². The Morgan fingerprint density at radius 3 is 2.68 bits per heavy atom. The van der Waals surface area contributed by atoms with Crippen molar-refractivity contribution >= 4 is 23.5 Å². The zero-order chi connectivity index (χ0) is 13.7. The molecule has 0 amide bonds. The van der Waals surface area contributed by atoms with Crippen molar-refractivity contribution in [3.63, 3.8) is 0 Å². The molecule has 0 bridgehead atoms. The Morgan fingerprint density at radius 1 is 1.26 bits per heavy atom. The third kappa shape index (κ3) is 4.18. The first kappa shape index (κ1) is 14.3. The average Bonchev–Trinajstić information content (AvgIpc) is 2.88. The zero-order valence-electron chi connectivity index (χ0n) is 11.6. The monoisotopic (exact) mass is 284 g/mol. The van der Waals surface area contributed by atoms with E-state index in [0.29, 0.717) is 11.9 Å². The van der Waals surface area contributed by atoms with Crippen molar-refractivity contribution in [3.8, 4) is 0 Å². The third-order valence-corrected chi connectivity index (χ3v) is 3.39. The second-order valence-electron chi connectivity index (χ2n) is 4.73. The first-order chi connectivity index (χ1) is 9.19. The molecular weight excluding hydrogens is 264 g/mol. The minimum Gasteiger partial charge on any atom is -0.354 e. The molecule has 1 aromatic heterocycles. The van der Waals surface area contributed by atoms with Gasteiger partial charge < -0.3 is 15.1 Å². The van der Waals surface area contributed by atoms with E-state index in [4.69, 9.17) is 11.6 Å². The molecule has 1 aliphatic heterocycles. The van der Waals surface area contributed by atoms with Gasteiger partial charge >= 0.3 is 0 Å². The number of halogens is 1. The number of rotatable bonds is 6. The fourth-order valence-corrected chi connectivity index (χ4v) is 2.30. The maximum absolute atomic E-state index is 5.92. The van der Waals surface area contributed by atoms with Crippen LogP contribution >= 0.6 is 11.6 Å². The maximum atomic E-state index is 5.92. The smallest absolute Gasteiger partial charge is 0.231 e. The van der Waals surface area contributed by atoms with E-state index in [1.54, 1.807) is 0 Å². The molecule has 1 aromatic rings. The lowest BCUT2D eigenvalue weighted by Gasteiger charge is -2.21. The summed E-state index contributed by atoms with van der Waals surface area (Å²) in [6, 6.07) is 0. The van der Waals surface area contributed by atoms with Crippen LogP contribution in [0.5, 0.6) is 0 Å². The maximum Gasteiger partial charge on any atom is 0.231 e. The van der Waals surface area contributed by atoms with Gasteiger partial charge in [-0.1, -0.05) is 0 Å². The molecule has 1 saturated heterocycles. The van der Waals surface area contributed by atoms with Crippen molar-refractivity contribution in [2.75, 3.05) is 50.0 Å². The standard InChI is InChI=1S/C12H21ClN6/c1-3-14-11-15-10(13)16-12(17-11)18(2)8-9-19-6-4-5-7-19/h3-9H2,1-2H3,(H,14,15,16,17). The molecule has 2 rings (SSSR count). The summed E-state index contributed by atoms with van der Waals surface area (Å²) in [6.45, 7) is 7.09. The molecule has 2 heterocycles. The molecule has 19 heavy (non-hydrogen) atoms. The van der Waals surface area contributed by atoms with Crippen molar-refractivity contribution in [1.82, 2.24) is 19.9 Å². The van der Waals surface area contributed by atoms with Crippen molar-refractivity contribution in [3.05, 3.63) is 5.28 Å². The molecule has 0 aliphatic carbocycles. The second kappa shape index (κ2) is 6.86. The van der Waals surface area contributed by atoms with Gasteiger partial charge in [0.2, 0.25) is 17.2 Å². The number of nitrogens with zero attached hydrogens (tertiary/aromatic N) is 5. The highest BCUT2D eigenvalue weighted by Gasteiger charge is 2.14. The summed E-state index contributed by atoms with van der Waals surface area (Å²) in [5.74, 6) is 1.15. The van der Waals surface area contributed by atoms with Crippen molar-refractivity contribution in [1.29, 1.82) is 0 Å². The Morgan fingerprint density at radius 2 is 2.00 bits per heavy atom. The van der Waals surface area contributed by atoms with E-state index in [1.807, 2.05) is 18.9 Å². The Balaban J connectivity index is 1.94. The number of anilines is 2. The molecule has 1 aliphatic rings. The van der Waals surface area contributed by atoms with Crippen molar-refractivity contribution in [2.45, 2.75) is 19.8 Å². The molecule has 1 N–H and O–H groups in total. The van der Waals surface area contributed by atoms with E-state index in [0.717, 1.165) is 19.6 Å². The van der Waals surface area contributed by atoms with E-state index in [2.05, 4.69) is 25.2 Å². The molecule has 1 fully saturated rings. The van der Waals surface area contributed by atoms with Gasteiger partial charge in [-0.05, 0) is 44.5 Å². The van der Waals surface area contributed by atoms with Crippen LogP contribution in [0.1, 0.15) is 19.8 Å². The fraction of sp³-hybridized carbons (Fsp3) is 0.750. The van der Waals surface area contributed by atoms with E-state index in [1.165, 1.54) is 25.9 Å². The van der Waals surface area contributed by atoms with Gasteiger partial charge in [0.25, 0.3) is 0 Å². The van der Waals surface area contributed by atoms with Gasteiger partial charge in [-0.3, -0.25) is 0 Å². The molecular formula is C12H21ClN6. The van der Waals surface area contributed by atoms with E-state index in [9.17, 15) is 0 Å². The van der Waals surface area contributed by atoms with Crippen LogP contribution in [0.25, 0.3) is 0 Å². The topological polar surface area (TPSA) is 57.2 Å². The normalized spacial score (nSPS) is 15.7. The summed E-state index contributed by atoms with van der Waals surface area (Å²) in [7, 11) is 1.98. The van der Waals surface area contributed by atoms with E-state index in [-0.39, 0.29) is 5.28 Å². The largest absolute Gasteiger partial charge is 0.354 e. The number of hydrogen-bond donors (Lipinski definition) is 1. The minimum atomic E-state index is 0.231. The molecule has 0 spiro atoms. The fourth-order valence-electron chi connectivity index (χ4n) is 2.15. The third-order valence-electron chi connectivity index (χ3n) is 3.22. The van der Waals surface area contributed by atoms with Crippen LogP contribution in [0, 0.1) is 0 Å². The predicted molar refractivity (Wildman–Crippen MR) is 77.9 cm³/mol. The lowest BCUT2D eigenvalue weighted by molar-refractivity contribution is 0.346. The summed E-state index contributed by atoms with van der Waals surface area (Å²) < 4.78 is 0. The van der Waals surface area contributed by atoms with E-state index < -0.39 is 0 Å². The number of aromatic nitrogens is 3. The molecule has 6 nitrogen and oxygen atoms in total. The Bertz CT molecular complexity index is 407. The first-order valence-electron chi connectivity index (χ1n) is 6.78. The zero-order valence-corrected chi connectivity index (χ0v) is 12.3. The van der Waals surface area contributed by atoms with Crippen molar-refractivity contribution < 1.29 is 0 Å². The van der Waals surface area contributed by atoms with Gasteiger partial charge in [0, 0.05) is 26.7 Å². The SMILES string of the molecule is CCNc1nc(Cl)nc(N(C)CCN2CCCC2)n1. The summed E-state index contributed by atoms with van der Waals surface area (Å²) in [5.41, 5.74) is 0. The molecule has 0 saturated carbocycles.